The summed E-state index contributed by atoms with van der Waals surface area (Å²) in [6.07, 6.45) is 0. The number of furan rings is 1. The topological polar surface area (TPSA) is 51.8 Å². The SMILES string of the molecule is c1ccc(-c2nc(-c3ccccc3)nc(-c3ccc(-c4ccc(C5(c6ccc7oc8ccccc8c7c6)c6ccccc6-c6ccccc65)cc4)cc3)n2)cc1. The molecule has 0 spiro atoms. The Labute approximate surface area is 324 Å². The van der Waals surface area contributed by atoms with E-state index in [9.17, 15) is 0 Å². The van der Waals surface area contributed by atoms with Gasteiger partial charge in [0.1, 0.15) is 11.2 Å². The molecule has 0 saturated carbocycles. The second-order valence-electron chi connectivity index (χ2n) is 14.3. The molecule has 0 radical (unpaired) electrons. The molecule has 262 valence electrons. The van der Waals surface area contributed by atoms with Crippen molar-refractivity contribution in [3.05, 3.63) is 222 Å². The summed E-state index contributed by atoms with van der Waals surface area (Å²) < 4.78 is 6.29. The maximum Gasteiger partial charge on any atom is 0.164 e. The van der Waals surface area contributed by atoms with Gasteiger partial charge in [-0.2, -0.15) is 0 Å². The van der Waals surface area contributed by atoms with E-state index >= 15 is 0 Å². The maximum atomic E-state index is 6.29. The molecule has 0 unspecified atom stereocenters. The van der Waals surface area contributed by atoms with Crippen LogP contribution in [0.2, 0.25) is 0 Å². The van der Waals surface area contributed by atoms with Gasteiger partial charge in [-0.25, -0.2) is 15.0 Å². The van der Waals surface area contributed by atoms with Crippen LogP contribution in [0, 0.1) is 0 Å². The molecule has 4 heteroatoms. The Hall–Kier alpha value is -7.43. The van der Waals surface area contributed by atoms with Gasteiger partial charge >= 0.3 is 0 Å². The number of fused-ring (bicyclic) bond motifs is 6. The van der Waals surface area contributed by atoms with Crippen LogP contribution in [0.5, 0.6) is 0 Å². The molecule has 8 aromatic carbocycles. The van der Waals surface area contributed by atoms with Crippen molar-refractivity contribution in [3.63, 3.8) is 0 Å². The molecule has 1 aliphatic carbocycles. The molecule has 0 aliphatic heterocycles. The number of benzene rings is 8. The predicted molar refractivity (Wildman–Crippen MR) is 226 cm³/mol. The summed E-state index contributed by atoms with van der Waals surface area (Å²) in [7, 11) is 0. The summed E-state index contributed by atoms with van der Waals surface area (Å²) in [5.74, 6) is 1.94. The van der Waals surface area contributed by atoms with E-state index in [1.165, 1.54) is 33.4 Å². The van der Waals surface area contributed by atoms with Gasteiger partial charge in [0.2, 0.25) is 0 Å². The van der Waals surface area contributed by atoms with Crippen LogP contribution in [-0.4, -0.2) is 15.0 Å². The summed E-state index contributed by atoms with van der Waals surface area (Å²) in [6, 6.07) is 70.6. The number of aromatic nitrogens is 3. The molecule has 10 aromatic rings. The Morgan fingerprint density at radius 3 is 1.34 bits per heavy atom. The normalized spacial score (nSPS) is 12.8. The first-order valence-electron chi connectivity index (χ1n) is 18.9. The monoisotopic (exact) mass is 715 g/mol. The van der Waals surface area contributed by atoms with E-state index < -0.39 is 5.41 Å². The quantitative estimate of drug-likeness (QED) is 0.172. The molecule has 11 rings (SSSR count). The first kappa shape index (κ1) is 32.0. The molecule has 4 nitrogen and oxygen atoms in total. The van der Waals surface area contributed by atoms with E-state index in [-0.39, 0.29) is 0 Å². The highest BCUT2D eigenvalue weighted by atomic mass is 16.3. The van der Waals surface area contributed by atoms with Crippen molar-refractivity contribution in [3.8, 4) is 56.4 Å². The van der Waals surface area contributed by atoms with Gasteiger partial charge in [0.05, 0.1) is 5.41 Å². The molecule has 0 fully saturated rings. The molecular formula is C52H33N3O. The minimum Gasteiger partial charge on any atom is -0.456 e. The zero-order chi connectivity index (χ0) is 37.1. The number of hydrogen-bond donors (Lipinski definition) is 0. The Balaban J connectivity index is 1.01. The lowest BCUT2D eigenvalue weighted by Gasteiger charge is -2.34. The Morgan fingerprint density at radius 1 is 0.321 bits per heavy atom. The smallest absolute Gasteiger partial charge is 0.164 e. The molecule has 0 N–H and O–H groups in total. The number of para-hydroxylation sites is 1. The summed E-state index contributed by atoms with van der Waals surface area (Å²) >= 11 is 0. The van der Waals surface area contributed by atoms with Crippen LogP contribution < -0.4 is 0 Å². The van der Waals surface area contributed by atoms with Crippen LogP contribution in [0.3, 0.4) is 0 Å². The molecule has 1 aliphatic rings. The Morgan fingerprint density at radius 2 is 0.750 bits per heavy atom. The fraction of sp³-hybridized carbons (Fsp3) is 0.0192. The highest BCUT2D eigenvalue weighted by Crippen LogP contribution is 2.56. The first-order chi connectivity index (χ1) is 27.7. The van der Waals surface area contributed by atoms with Crippen molar-refractivity contribution in [2.45, 2.75) is 5.41 Å². The minimum absolute atomic E-state index is 0.520. The zero-order valence-corrected chi connectivity index (χ0v) is 30.3. The highest BCUT2D eigenvalue weighted by molar-refractivity contribution is 6.05. The molecule has 0 amide bonds. The van der Waals surface area contributed by atoms with Crippen LogP contribution in [0.25, 0.3) is 78.4 Å². The third-order valence-corrected chi connectivity index (χ3v) is 11.3. The Bertz CT molecular complexity index is 2960. The molecule has 0 bridgehead atoms. The average molecular weight is 716 g/mol. The van der Waals surface area contributed by atoms with Crippen molar-refractivity contribution in [2.75, 3.05) is 0 Å². The third kappa shape index (κ3) is 5.04. The summed E-state index contributed by atoms with van der Waals surface area (Å²) in [5.41, 5.74) is 13.9. The third-order valence-electron chi connectivity index (χ3n) is 11.3. The fourth-order valence-electron chi connectivity index (χ4n) is 8.65. The fourth-order valence-corrected chi connectivity index (χ4v) is 8.65. The van der Waals surface area contributed by atoms with Gasteiger partial charge in [0, 0.05) is 27.5 Å². The van der Waals surface area contributed by atoms with E-state index in [2.05, 4.69) is 127 Å². The number of nitrogens with zero attached hydrogens (tertiary/aromatic N) is 3. The number of hydrogen-bond acceptors (Lipinski definition) is 4. The van der Waals surface area contributed by atoms with E-state index in [1.54, 1.807) is 0 Å². The molecule has 0 saturated heterocycles. The van der Waals surface area contributed by atoms with Crippen molar-refractivity contribution < 1.29 is 4.42 Å². The molecule has 0 atom stereocenters. The standard InChI is InChI=1S/C52H33N3O/c1-3-13-36(14-4-1)49-53-50(37-15-5-2-6-16-37)55-51(54-49)38-25-23-34(24-26-38)35-27-29-39(30-28-35)52(45-20-10-7-17-41(45)42-18-8-11-21-46(42)52)40-31-32-48-44(33-40)43-19-9-12-22-47(43)56-48/h1-33H. The van der Waals surface area contributed by atoms with Gasteiger partial charge in [-0.05, 0) is 62.7 Å². The second-order valence-corrected chi connectivity index (χ2v) is 14.3. The minimum atomic E-state index is -0.520. The van der Waals surface area contributed by atoms with Crippen LogP contribution in [0.15, 0.2) is 205 Å². The molecule has 2 heterocycles. The summed E-state index contributed by atoms with van der Waals surface area (Å²) in [4.78, 5) is 14.7. The zero-order valence-electron chi connectivity index (χ0n) is 30.3. The van der Waals surface area contributed by atoms with E-state index in [1.807, 2.05) is 72.8 Å². The lowest BCUT2D eigenvalue weighted by Crippen LogP contribution is -2.28. The number of rotatable bonds is 6. The van der Waals surface area contributed by atoms with E-state index in [0.29, 0.717) is 17.5 Å². The highest BCUT2D eigenvalue weighted by Gasteiger charge is 2.46. The molecular weight excluding hydrogens is 683 g/mol. The van der Waals surface area contributed by atoms with Crippen LogP contribution in [0.4, 0.5) is 0 Å². The van der Waals surface area contributed by atoms with Gasteiger partial charge in [-0.1, -0.05) is 182 Å². The van der Waals surface area contributed by atoms with Gasteiger partial charge in [-0.3, -0.25) is 0 Å². The van der Waals surface area contributed by atoms with Gasteiger partial charge in [-0.15, -0.1) is 0 Å². The van der Waals surface area contributed by atoms with Gasteiger partial charge in [0.15, 0.2) is 17.5 Å². The predicted octanol–water partition coefficient (Wildman–Crippen LogP) is 12.8. The van der Waals surface area contributed by atoms with Crippen LogP contribution in [0.1, 0.15) is 22.3 Å². The van der Waals surface area contributed by atoms with Crippen molar-refractivity contribution >= 4 is 21.9 Å². The summed E-state index contributed by atoms with van der Waals surface area (Å²) in [6.45, 7) is 0. The largest absolute Gasteiger partial charge is 0.456 e. The lowest BCUT2D eigenvalue weighted by atomic mass is 9.67. The van der Waals surface area contributed by atoms with Crippen molar-refractivity contribution in [1.29, 1.82) is 0 Å². The summed E-state index contributed by atoms with van der Waals surface area (Å²) in [5, 5.41) is 2.25. The lowest BCUT2D eigenvalue weighted by molar-refractivity contribution is 0.668. The van der Waals surface area contributed by atoms with Crippen molar-refractivity contribution in [1.82, 2.24) is 15.0 Å². The molecule has 2 aromatic heterocycles. The molecule has 56 heavy (non-hydrogen) atoms. The van der Waals surface area contributed by atoms with Crippen LogP contribution in [-0.2, 0) is 5.41 Å². The second kappa shape index (κ2) is 12.9. The van der Waals surface area contributed by atoms with Gasteiger partial charge in [0.25, 0.3) is 0 Å². The van der Waals surface area contributed by atoms with E-state index in [0.717, 1.165) is 49.8 Å². The average Bonchev–Trinajstić information content (AvgIpc) is 3.81. The van der Waals surface area contributed by atoms with E-state index in [4.69, 9.17) is 19.4 Å². The van der Waals surface area contributed by atoms with Gasteiger partial charge < -0.3 is 4.42 Å². The van der Waals surface area contributed by atoms with Crippen molar-refractivity contribution in [2.24, 2.45) is 0 Å². The Kier molecular flexibility index (Phi) is 7.36. The van der Waals surface area contributed by atoms with Crippen LogP contribution >= 0.6 is 0 Å². The maximum absolute atomic E-state index is 6.29. The first-order valence-corrected chi connectivity index (χ1v) is 18.9.